The monoisotopic (exact) mass is 396 g/mol. The molecule has 2 aromatic carbocycles. The van der Waals surface area contributed by atoms with Crippen LogP contribution in [0.4, 0.5) is 0 Å². The van der Waals surface area contributed by atoms with Crippen LogP contribution < -0.4 is 0 Å². The van der Waals surface area contributed by atoms with E-state index in [-0.39, 0.29) is 0 Å². The van der Waals surface area contributed by atoms with Gasteiger partial charge in [-0.1, -0.05) is 54.1 Å². The van der Waals surface area contributed by atoms with E-state index in [1.54, 1.807) is 0 Å². The Morgan fingerprint density at radius 1 is 0.893 bits per heavy atom. The lowest BCUT2D eigenvalue weighted by Gasteiger charge is -2.31. The molecule has 0 amide bonds. The van der Waals surface area contributed by atoms with Crippen LogP contribution in [-0.2, 0) is 12.8 Å². The summed E-state index contributed by atoms with van der Waals surface area (Å²) in [5.41, 5.74) is 5.55. The molecule has 0 unspecified atom stereocenters. The second kappa shape index (κ2) is 10.8. The first kappa shape index (κ1) is 21.1. The molecule has 3 heteroatoms. The fourth-order valence-corrected chi connectivity index (χ4v) is 3.87. The number of hydrogen-bond acceptors (Lipinski definition) is 2. The third-order valence-corrected chi connectivity index (χ3v) is 5.94. The fourth-order valence-electron chi connectivity index (χ4n) is 3.75. The molecule has 0 saturated carbocycles. The number of aryl methyl sites for hydroxylation is 3. The highest BCUT2D eigenvalue weighted by Gasteiger charge is 2.11. The van der Waals surface area contributed by atoms with E-state index in [9.17, 15) is 0 Å². The van der Waals surface area contributed by atoms with Gasteiger partial charge in [-0.3, -0.25) is 4.90 Å². The molecule has 0 radical (unpaired) electrons. The number of likely N-dealkylation sites (N-methyl/N-ethyl adjacent to an activating group) is 1. The van der Waals surface area contributed by atoms with Crippen molar-refractivity contribution >= 4 is 17.7 Å². The van der Waals surface area contributed by atoms with Crippen molar-refractivity contribution < 1.29 is 0 Å². The van der Waals surface area contributed by atoms with Gasteiger partial charge in [0.1, 0.15) is 0 Å². The van der Waals surface area contributed by atoms with Gasteiger partial charge in [0.05, 0.1) is 0 Å². The summed E-state index contributed by atoms with van der Waals surface area (Å²) in [7, 11) is 2.20. The number of nitrogens with zero attached hydrogens (tertiary/aromatic N) is 2. The van der Waals surface area contributed by atoms with Gasteiger partial charge in [0.2, 0.25) is 0 Å². The number of halogens is 1. The van der Waals surface area contributed by atoms with Crippen LogP contribution in [0.1, 0.15) is 35.1 Å². The van der Waals surface area contributed by atoms with Gasteiger partial charge < -0.3 is 4.90 Å². The molecule has 0 aromatic heterocycles. The van der Waals surface area contributed by atoms with Gasteiger partial charge in [0, 0.05) is 37.7 Å². The van der Waals surface area contributed by atoms with Gasteiger partial charge in [-0.2, -0.15) is 0 Å². The standard InChI is InChI=1S/C25H33ClN2/c1-21-20-23(7-4-3-6-22-10-13-25(26)14-11-22)9-12-24(21)8-5-15-28-18-16-27(2)17-19-28/h5,8-14,20H,3-4,6-7,15-19H2,1-2H3/b8-5+. The summed E-state index contributed by atoms with van der Waals surface area (Å²) < 4.78 is 0. The normalized spacial score (nSPS) is 16.1. The summed E-state index contributed by atoms with van der Waals surface area (Å²) >= 11 is 5.95. The summed E-state index contributed by atoms with van der Waals surface area (Å²) in [6.45, 7) is 8.00. The van der Waals surface area contributed by atoms with Gasteiger partial charge in [-0.15, -0.1) is 0 Å². The maximum absolute atomic E-state index is 5.95. The molecule has 0 atom stereocenters. The van der Waals surface area contributed by atoms with E-state index >= 15 is 0 Å². The van der Waals surface area contributed by atoms with Crippen molar-refractivity contribution in [3.63, 3.8) is 0 Å². The molecule has 1 aliphatic heterocycles. The van der Waals surface area contributed by atoms with Gasteiger partial charge in [-0.05, 0) is 74.0 Å². The third kappa shape index (κ3) is 6.77. The van der Waals surface area contributed by atoms with E-state index in [1.165, 1.54) is 61.3 Å². The zero-order chi connectivity index (χ0) is 19.8. The summed E-state index contributed by atoms with van der Waals surface area (Å²) in [6.07, 6.45) is 9.33. The highest BCUT2D eigenvalue weighted by molar-refractivity contribution is 6.30. The average Bonchev–Trinajstić information content (AvgIpc) is 2.70. The van der Waals surface area contributed by atoms with Crippen LogP contribution in [0.2, 0.25) is 5.02 Å². The topological polar surface area (TPSA) is 6.48 Å². The van der Waals surface area contributed by atoms with Crippen molar-refractivity contribution in [3.8, 4) is 0 Å². The summed E-state index contributed by atoms with van der Waals surface area (Å²) in [5.74, 6) is 0. The second-order valence-electron chi connectivity index (χ2n) is 8.03. The Labute approximate surface area is 175 Å². The van der Waals surface area contributed by atoms with Crippen LogP contribution in [0.15, 0.2) is 48.5 Å². The van der Waals surface area contributed by atoms with Gasteiger partial charge in [0.15, 0.2) is 0 Å². The predicted molar refractivity (Wildman–Crippen MR) is 122 cm³/mol. The van der Waals surface area contributed by atoms with E-state index in [1.807, 2.05) is 12.1 Å². The van der Waals surface area contributed by atoms with E-state index < -0.39 is 0 Å². The third-order valence-electron chi connectivity index (χ3n) is 5.69. The van der Waals surface area contributed by atoms with Crippen molar-refractivity contribution in [1.29, 1.82) is 0 Å². The molecule has 1 saturated heterocycles. The highest BCUT2D eigenvalue weighted by Crippen LogP contribution is 2.16. The molecule has 0 aliphatic carbocycles. The molecular formula is C25H33ClN2. The Bertz CT molecular complexity index is 759. The lowest BCUT2D eigenvalue weighted by molar-refractivity contribution is 0.167. The molecular weight excluding hydrogens is 364 g/mol. The maximum Gasteiger partial charge on any atom is 0.0406 e. The Balaban J connectivity index is 1.41. The van der Waals surface area contributed by atoms with Crippen LogP contribution in [0.25, 0.3) is 6.08 Å². The molecule has 1 aliphatic rings. The number of unbranched alkanes of at least 4 members (excludes halogenated alkanes) is 1. The maximum atomic E-state index is 5.95. The minimum Gasteiger partial charge on any atom is -0.304 e. The first-order chi connectivity index (χ1) is 13.6. The molecule has 1 fully saturated rings. The van der Waals surface area contributed by atoms with Crippen LogP contribution in [0, 0.1) is 6.92 Å². The average molecular weight is 397 g/mol. The summed E-state index contributed by atoms with van der Waals surface area (Å²) in [5, 5.41) is 0.817. The van der Waals surface area contributed by atoms with Gasteiger partial charge >= 0.3 is 0 Å². The second-order valence-corrected chi connectivity index (χ2v) is 8.47. The van der Waals surface area contributed by atoms with Crippen molar-refractivity contribution in [2.45, 2.75) is 32.6 Å². The van der Waals surface area contributed by atoms with Crippen molar-refractivity contribution in [2.75, 3.05) is 39.8 Å². The molecule has 1 heterocycles. The van der Waals surface area contributed by atoms with E-state index in [4.69, 9.17) is 11.6 Å². The smallest absolute Gasteiger partial charge is 0.0406 e. The van der Waals surface area contributed by atoms with Crippen LogP contribution in [0.5, 0.6) is 0 Å². The zero-order valence-corrected chi connectivity index (χ0v) is 18.1. The van der Waals surface area contributed by atoms with E-state index in [0.717, 1.165) is 24.4 Å². The largest absolute Gasteiger partial charge is 0.304 e. The number of rotatable bonds is 8. The molecule has 2 nitrogen and oxygen atoms in total. The van der Waals surface area contributed by atoms with E-state index in [0.29, 0.717) is 0 Å². The van der Waals surface area contributed by atoms with Crippen LogP contribution in [-0.4, -0.2) is 49.6 Å². The lowest BCUT2D eigenvalue weighted by atomic mass is 9.99. The molecule has 3 rings (SSSR count). The molecule has 28 heavy (non-hydrogen) atoms. The fraction of sp³-hybridized carbons (Fsp3) is 0.440. The highest BCUT2D eigenvalue weighted by atomic mass is 35.5. The Morgan fingerprint density at radius 3 is 2.21 bits per heavy atom. The molecule has 0 spiro atoms. The Kier molecular flexibility index (Phi) is 8.14. The van der Waals surface area contributed by atoms with Gasteiger partial charge in [0.25, 0.3) is 0 Å². The summed E-state index contributed by atoms with van der Waals surface area (Å²) in [4.78, 5) is 4.93. The van der Waals surface area contributed by atoms with Crippen LogP contribution in [0.3, 0.4) is 0 Å². The lowest BCUT2D eigenvalue weighted by Crippen LogP contribution is -2.44. The van der Waals surface area contributed by atoms with E-state index in [2.05, 4.69) is 66.3 Å². The minimum absolute atomic E-state index is 0.817. The first-order valence-corrected chi connectivity index (χ1v) is 10.9. The van der Waals surface area contributed by atoms with Crippen molar-refractivity contribution in [2.24, 2.45) is 0 Å². The molecule has 0 N–H and O–H groups in total. The molecule has 2 aromatic rings. The Hall–Kier alpha value is -1.61. The van der Waals surface area contributed by atoms with Crippen molar-refractivity contribution in [1.82, 2.24) is 9.80 Å². The number of benzene rings is 2. The SMILES string of the molecule is Cc1cc(CCCCc2ccc(Cl)cc2)ccc1/C=C/CN1CCN(C)CC1. The molecule has 0 bridgehead atoms. The van der Waals surface area contributed by atoms with Crippen molar-refractivity contribution in [3.05, 3.63) is 75.8 Å². The Morgan fingerprint density at radius 2 is 1.54 bits per heavy atom. The van der Waals surface area contributed by atoms with Crippen LogP contribution >= 0.6 is 11.6 Å². The first-order valence-electron chi connectivity index (χ1n) is 10.5. The summed E-state index contributed by atoms with van der Waals surface area (Å²) in [6, 6.07) is 15.2. The predicted octanol–water partition coefficient (Wildman–Crippen LogP) is 5.47. The molecule has 150 valence electrons. The number of hydrogen-bond donors (Lipinski definition) is 0. The minimum atomic E-state index is 0.817. The number of piperazine rings is 1. The zero-order valence-electron chi connectivity index (χ0n) is 17.3. The quantitative estimate of drug-likeness (QED) is 0.545. The van der Waals surface area contributed by atoms with Gasteiger partial charge in [-0.25, -0.2) is 0 Å².